The molecular formula is C24H30F3N5O2. The van der Waals surface area contributed by atoms with Gasteiger partial charge in [-0.3, -0.25) is 10.1 Å². The Bertz CT molecular complexity index is 1000. The van der Waals surface area contributed by atoms with Crippen molar-refractivity contribution < 1.29 is 22.7 Å². The van der Waals surface area contributed by atoms with Crippen molar-refractivity contribution in [2.45, 2.75) is 58.0 Å². The van der Waals surface area contributed by atoms with Gasteiger partial charge in [0.1, 0.15) is 23.9 Å². The number of carbonyl (C=O) groups is 1. The standard InChI is InChI=1S/C24H30F3N5O2/c1-15(2)30-21(17-5-7-18(8-6-17)34-24(25,26)27)23(33)32-12-10-31(11-13-32)22-20-16(3)4-9-19(20)28-14-29-22/h5-8,14-16,21,30H,4,9-13H2,1-3H3. The van der Waals surface area contributed by atoms with Crippen LogP contribution in [0, 0.1) is 0 Å². The number of benzene rings is 1. The van der Waals surface area contributed by atoms with Gasteiger partial charge in [-0.05, 0) is 50.3 Å². The fourth-order valence-corrected chi connectivity index (χ4v) is 4.70. The minimum absolute atomic E-state index is 0.00596. The van der Waals surface area contributed by atoms with E-state index in [1.807, 2.05) is 18.7 Å². The first-order valence-corrected chi connectivity index (χ1v) is 11.6. The maximum Gasteiger partial charge on any atom is 0.573 e. The van der Waals surface area contributed by atoms with Crippen LogP contribution in [-0.2, 0) is 11.2 Å². The van der Waals surface area contributed by atoms with Crippen LogP contribution in [0.1, 0.15) is 56.0 Å². The second kappa shape index (κ2) is 9.77. The van der Waals surface area contributed by atoms with Gasteiger partial charge in [0.2, 0.25) is 5.91 Å². The number of ether oxygens (including phenoxy) is 1. The number of aryl methyl sites for hydroxylation is 1. The quantitative estimate of drug-likeness (QED) is 0.682. The van der Waals surface area contributed by atoms with E-state index in [4.69, 9.17) is 0 Å². The predicted octanol–water partition coefficient (Wildman–Crippen LogP) is 3.81. The smallest absolute Gasteiger partial charge is 0.406 e. The number of fused-ring (bicyclic) bond motifs is 1. The van der Waals surface area contributed by atoms with Crippen molar-refractivity contribution in [2.75, 3.05) is 31.1 Å². The molecule has 1 aliphatic carbocycles. The number of carbonyl (C=O) groups excluding carboxylic acids is 1. The summed E-state index contributed by atoms with van der Waals surface area (Å²) >= 11 is 0. The van der Waals surface area contributed by atoms with E-state index < -0.39 is 12.4 Å². The van der Waals surface area contributed by atoms with Crippen molar-refractivity contribution in [2.24, 2.45) is 0 Å². The van der Waals surface area contributed by atoms with Crippen molar-refractivity contribution in [3.8, 4) is 5.75 Å². The van der Waals surface area contributed by atoms with Crippen molar-refractivity contribution in [1.29, 1.82) is 0 Å². The zero-order chi connectivity index (χ0) is 24.5. The Labute approximate surface area is 197 Å². The molecule has 1 saturated heterocycles. The summed E-state index contributed by atoms with van der Waals surface area (Å²) in [5.41, 5.74) is 2.94. The molecular weight excluding hydrogens is 447 g/mol. The molecule has 1 aromatic heterocycles. The molecule has 34 heavy (non-hydrogen) atoms. The second-order valence-electron chi connectivity index (χ2n) is 9.18. The van der Waals surface area contributed by atoms with Gasteiger partial charge in [0.05, 0.1) is 0 Å². The predicted molar refractivity (Wildman–Crippen MR) is 122 cm³/mol. The topological polar surface area (TPSA) is 70.6 Å². The number of nitrogens with zero attached hydrogens (tertiary/aromatic N) is 4. The number of hydrogen-bond donors (Lipinski definition) is 1. The molecule has 1 aromatic carbocycles. The fourth-order valence-electron chi connectivity index (χ4n) is 4.70. The minimum atomic E-state index is -4.76. The fraction of sp³-hybridized carbons (Fsp3) is 0.542. The van der Waals surface area contributed by atoms with Gasteiger partial charge in [-0.15, -0.1) is 13.2 Å². The molecule has 1 aliphatic heterocycles. The summed E-state index contributed by atoms with van der Waals surface area (Å²) in [6.07, 6.45) is -1.08. The van der Waals surface area contributed by atoms with Crippen molar-refractivity contribution >= 4 is 11.7 Å². The highest BCUT2D eigenvalue weighted by Crippen LogP contribution is 2.37. The number of halogens is 3. The maximum absolute atomic E-state index is 13.4. The molecule has 7 nitrogen and oxygen atoms in total. The molecule has 10 heteroatoms. The van der Waals surface area contributed by atoms with E-state index in [0.717, 1.165) is 24.4 Å². The highest BCUT2D eigenvalue weighted by atomic mass is 19.4. The number of piperazine rings is 1. The second-order valence-corrected chi connectivity index (χ2v) is 9.18. The van der Waals surface area contributed by atoms with Gasteiger partial charge in [-0.2, -0.15) is 0 Å². The maximum atomic E-state index is 13.4. The Balaban J connectivity index is 1.45. The average molecular weight is 478 g/mol. The van der Waals surface area contributed by atoms with Gasteiger partial charge in [-0.1, -0.05) is 19.1 Å². The van der Waals surface area contributed by atoms with Gasteiger partial charge in [-0.25, -0.2) is 9.97 Å². The molecule has 2 aromatic rings. The van der Waals surface area contributed by atoms with Crippen LogP contribution >= 0.6 is 0 Å². The molecule has 1 fully saturated rings. The number of hydrogen-bond acceptors (Lipinski definition) is 6. The summed E-state index contributed by atoms with van der Waals surface area (Å²) in [6.45, 7) is 8.45. The van der Waals surface area contributed by atoms with Crippen LogP contribution in [0.3, 0.4) is 0 Å². The van der Waals surface area contributed by atoms with Crippen LogP contribution in [0.15, 0.2) is 30.6 Å². The van der Waals surface area contributed by atoms with Crippen LogP contribution in [0.5, 0.6) is 5.75 Å². The van der Waals surface area contributed by atoms with E-state index in [0.29, 0.717) is 37.7 Å². The van der Waals surface area contributed by atoms with E-state index in [1.165, 1.54) is 29.8 Å². The van der Waals surface area contributed by atoms with Gasteiger partial charge >= 0.3 is 6.36 Å². The van der Waals surface area contributed by atoms with Crippen LogP contribution in [0.25, 0.3) is 0 Å². The molecule has 0 radical (unpaired) electrons. The van der Waals surface area contributed by atoms with E-state index in [1.54, 1.807) is 6.33 Å². The number of alkyl halides is 3. The average Bonchev–Trinajstić information content (AvgIpc) is 3.18. The highest BCUT2D eigenvalue weighted by Gasteiger charge is 2.33. The first kappa shape index (κ1) is 24.3. The summed E-state index contributed by atoms with van der Waals surface area (Å²) in [5, 5.41) is 3.26. The van der Waals surface area contributed by atoms with Crippen molar-refractivity contribution in [1.82, 2.24) is 20.2 Å². The van der Waals surface area contributed by atoms with Gasteiger partial charge in [0.25, 0.3) is 0 Å². The lowest BCUT2D eigenvalue weighted by atomic mass is 10.0. The Morgan fingerprint density at radius 3 is 2.41 bits per heavy atom. The lowest BCUT2D eigenvalue weighted by molar-refractivity contribution is -0.274. The molecule has 2 aliphatic rings. The Morgan fingerprint density at radius 2 is 1.79 bits per heavy atom. The number of nitrogens with one attached hydrogen (secondary N) is 1. The molecule has 1 amide bonds. The van der Waals surface area contributed by atoms with E-state index in [9.17, 15) is 18.0 Å². The molecule has 0 bridgehead atoms. The first-order chi connectivity index (χ1) is 16.1. The van der Waals surface area contributed by atoms with Gasteiger partial charge in [0, 0.05) is 43.5 Å². The number of amides is 1. The third-order valence-electron chi connectivity index (χ3n) is 6.34. The summed E-state index contributed by atoms with van der Waals surface area (Å²) in [7, 11) is 0. The Kier molecular flexibility index (Phi) is 6.97. The number of aromatic nitrogens is 2. The van der Waals surface area contributed by atoms with Crippen LogP contribution in [0.2, 0.25) is 0 Å². The van der Waals surface area contributed by atoms with Gasteiger partial charge < -0.3 is 14.5 Å². The number of anilines is 1. The molecule has 0 saturated carbocycles. The molecule has 2 unspecified atom stereocenters. The lowest BCUT2D eigenvalue weighted by Gasteiger charge is -2.38. The zero-order valence-electron chi connectivity index (χ0n) is 19.6. The molecule has 1 N–H and O–H groups in total. The third kappa shape index (κ3) is 5.43. The zero-order valence-corrected chi connectivity index (χ0v) is 19.6. The van der Waals surface area contributed by atoms with Crippen LogP contribution in [-0.4, -0.2) is 59.4 Å². The summed E-state index contributed by atoms with van der Waals surface area (Å²) < 4.78 is 41.4. The Morgan fingerprint density at radius 1 is 1.12 bits per heavy atom. The van der Waals surface area contributed by atoms with Crippen molar-refractivity contribution in [3.63, 3.8) is 0 Å². The molecule has 2 atom stereocenters. The van der Waals surface area contributed by atoms with E-state index in [-0.39, 0.29) is 17.7 Å². The Hall–Kier alpha value is -2.88. The van der Waals surface area contributed by atoms with Crippen molar-refractivity contribution in [3.05, 3.63) is 47.4 Å². The molecule has 184 valence electrons. The summed E-state index contributed by atoms with van der Waals surface area (Å²) in [5.74, 6) is 0.986. The van der Waals surface area contributed by atoms with Crippen LogP contribution < -0.4 is 15.0 Å². The third-order valence-corrected chi connectivity index (χ3v) is 6.34. The summed E-state index contributed by atoms with van der Waals surface area (Å²) in [4.78, 5) is 26.5. The largest absolute Gasteiger partial charge is 0.573 e. The van der Waals surface area contributed by atoms with E-state index >= 15 is 0 Å². The van der Waals surface area contributed by atoms with Crippen LogP contribution in [0.4, 0.5) is 19.0 Å². The summed E-state index contributed by atoms with van der Waals surface area (Å²) in [6, 6.07) is 4.82. The van der Waals surface area contributed by atoms with Gasteiger partial charge in [0.15, 0.2) is 0 Å². The molecule has 4 rings (SSSR count). The molecule has 2 heterocycles. The normalized spacial score (nSPS) is 19.3. The SMILES string of the molecule is CC(C)NC(C(=O)N1CCN(c2ncnc3c2C(C)CC3)CC1)c1ccc(OC(F)(F)F)cc1. The highest BCUT2D eigenvalue weighted by molar-refractivity contribution is 5.83. The van der Waals surface area contributed by atoms with E-state index in [2.05, 4.69) is 31.8 Å². The molecule has 0 spiro atoms. The number of rotatable bonds is 6. The lowest BCUT2D eigenvalue weighted by Crippen LogP contribution is -2.52. The minimum Gasteiger partial charge on any atom is -0.406 e. The monoisotopic (exact) mass is 477 g/mol. The first-order valence-electron chi connectivity index (χ1n) is 11.6.